The van der Waals surface area contributed by atoms with Gasteiger partial charge in [-0.2, -0.15) is 0 Å². The van der Waals surface area contributed by atoms with Crippen LogP contribution in [0.5, 0.6) is 0 Å². The van der Waals surface area contributed by atoms with Crippen LogP contribution in [-0.2, 0) is 19.1 Å². The lowest BCUT2D eigenvalue weighted by atomic mass is 9.97. The molecule has 0 bridgehead atoms. The number of benzene rings is 1. The molecule has 6 heteroatoms. The first-order valence-corrected chi connectivity index (χ1v) is 7.21. The molecule has 1 aromatic carbocycles. The van der Waals surface area contributed by atoms with Gasteiger partial charge in [0.05, 0.1) is 0 Å². The van der Waals surface area contributed by atoms with Crippen molar-refractivity contribution >= 4 is 11.9 Å². The minimum atomic E-state index is -1.69. The Balaban J connectivity index is 3.28. The van der Waals surface area contributed by atoms with Gasteiger partial charge in [-0.15, -0.1) is 0 Å². The first-order chi connectivity index (χ1) is 10.3. The van der Waals surface area contributed by atoms with Crippen molar-refractivity contribution < 1.29 is 27.8 Å². The quantitative estimate of drug-likeness (QED) is 0.627. The molecule has 0 saturated heterocycles. The molecule has 0 aliphatic rings. The van der Waals surface area contributed by atoms with Gasteiger partial charge < -0.3 is 9.47 Å². The van der Waals surface area contributed by atoms with Gasteiger partial charge in [-0.3, -0.25) is 9.59 Å². The Morgan fingerprint density at radius 3 is 1.74 bits per heavy atom. The second-order valence-corrected chi connectivity index (χ2v) is 7.17. The van der Waals surface area contributed by atoms with Gasteiger partial charge in [0.2, 0.25) is 0 Å². The number of carbonyl (C=O) groups is 2. The smallest absolute Gasteiger partial charge is 0.325 e. The summed E-state index contributed by atoms with van der Waals surface area (Å²) in [5, 5.41) is 0. The highest BCUT2D eigenvalue weighted by Gasteiger charge is 2.38. The fourth-order valence-corrected chi connectivity index (χ4v) is 1.81. The molecule has 0 atom stereocenters. The molecule has 4 nitrogen and oxygen atoms in total. The highest BCUT2D eigenvalue weighted by Crippen LogP contribution is 2.27. The SMILES string of the molecule is CC(C)(C)OC(=O)C(C(=O)OC(C)(C)C)c1cc(F)ccc1F. The van der Waals surface area contributed by atoms with Gasteiger partial charge in [0.15, 0.2) is 5.92 Å². The maximum Gasteiger partial charge on any atom is 0.325 e. The third-order valence-electron chi connectivity index (χ3n) is 2.55. The van der Waals surface area contributed by atoms with E-state index in [1.165, 1.54) is 0 Å². The number of halogens is 2. The van der Waals surface area contributed by atoms with Crippen molar-refractivity contribution in [1.29, 1.82) is 0 Å². The topological polar surface area (TPSA) is 52.6 Å². The second-order valence-electron chi connectivity index (χ2n) is 7.17. The molecular weight excluding hydrogens is 306 g/mol. The zero-order chi connectivity index (χ0) is 18.0. The molecular formula is C17H22F2O4. The van der Waals surface area contributed by atoms with Crippen LogP contribution in [0.2, 0.25) is 0 Å². The van der Waals surface area contributed by atoms with E-state index in [4.69, 9.17) is 9.47 Å². The zero-order valence-corrected chi connectivity index (χ0v) is 14.2. The molecule has 0 heterocycles. The van der Waals surface area contributed by atoms with Crippen molar-refractivity contribution in [2.75, 3.05) is 0 Å². The Morgan fingerprint density at radius 1 is 0.913 bits per heavy atom. The monoisotopic (exact) mass is 328 g/mol. The summed E-state index contributed by atoms with van der Waals surface area (Å²) in [6.07, 6.45) is 0. The highest BCUT2D eigenvalue weighted by molar-refractivity contribution is 6.01. The van der Waals surface area contributed by atoms with E-state index in [-0.39, 0.29) is 0 Å². The maximum absolute atomic E-state index is 14.0. The van der Waals surface area contributed by atoms with Crippen LogP contribution >= 0.6 is 0 Å². The van der Waals surface area contributed by atoms with Gasteiger partial charge in [0.1, 0.15) is 22.8 Å². The molecule has 0 aliphatic heterocycles. The Labute approximate surface area is 134 Å². The first kappa shape index (κ1) is 19.1. The lowest BCUT2D eigenvalue weighted by molar-refractivity contribution is -0.169. The van der Waals surface area contributed by atoms with E-state index in [1.54, 1.807) is 41.5 Å². The average Bonchev–Trinajstić information content (AvgIpc) is 2.29. The number of ether oxygens (including phenoxy) is 2. The third-order valence-corrected chi connectivity index (χ3v) is 2.55. The summed E-state index contributed by atoms with van der Waals surface area (Å²) in [7, 11) is 0. The van der Waals surface area contributed by atoms with Crippen LogP contribution in [0.4, 0.5) is 8.78 Å². The Kier molecular flexibility index (Phi) is 5.51. The van der Waals surface area contributed by atoms with E-state index < -0.39 is 46.3 Å². The number of esters is 2. The average molecular weight is 328 g/mol. The van der Waals surface area contributed by atoms with Crippen LogP contribution in [0.1, 0.15) is 53.0 Å². The van der Waals surface area contributed by atoms with Crippen LogP contribution in [0, 0.1) is 11.6 Å². The number of hydrogen-bond acceptors (Lipinski definition) is 4. The minimum absolute atomic E-state index is 0.409. The Hall–Kier alpha value is -1.98. The van der Waals surface area contributed by atoms with E-state index in [9.17, 15) is 18.4 Å². The Morgan fingerprint density at radius 2 is 1.35 bits per heavy atom. The maximum atomic E-state index is 14.0. The number of carbonyl (C=O) groups excluding carboxylic acids is 2. The molecule has 0 N–H and O–H groups in total. The van der Waals surface area contributed by atoms with E-state index in [0.29, 0.717) is 0 Å². The van der Waals surface area contributed by atoms with E-state index >= 15 is 0 Å². The summed E-state index contributed by atoms with van der Waals surface area (Å²) in [6.45, 7) is 9.66. The van der Waals surface area contributed by atoms with Gasteiger partial charge >= 0.3 is 11.9 Å². The van der Waals surface area contributed by atoms with Crippen LogP contribution in [0.15, 0.2) is 18.2 Å². The predicted molar refractivity (Wildman–Crippen MR) is 80.8 cm³/mol. The van der Waals surface area contributed by atoms with Crippen molar-refractivity contribution in [1.82, 2.24) is 0 Å². The number of hydrogen-bond donors (Lipinski definition) is 0. The van der Waals surface area contributed by atoms with E-state index in [1.807, 2.05) is 0 Å². The third kappa shape index (κ3) is 5.96. The normalized spacial score (nSPS) is 12.2. The summed E-state index contributed by atoms with van der Waals surface area (Å²) in [5.74, 6) is -5.32. The summed E-state index contributed by atoms with van der Waals surface area (Å²) in [5.41, 5.74) is -2.18. The molecule has 1 rings (SSSR count). The van der Waals surface area contributed by atoms with Crippen LogP contribution in [0.25, 0.3) is 0 Å². The van der Waals surface area contributed by atoms with Gasteiger partial charge in [0.25, 0.3) is 0 Å². The van der Waals surface area contributed by atoms with Crippen LogP contribution < -0.4 is 0 Å². The first-order valence-electron chi connectivity index (χ1n) is 7.21. The van der Waals surface area contributed by atoms with Crippen molar-refractivity contribution in [3.8, 4) is 0 Å². The molecule has 0 saturated carbocycles. The van der Waals surface area contributed by atoms with Crippen molar-refractivity contribution in [2.45, 2.75) is 58.7 Å². The summed E-state index contributed by atoms with van der Waals surface area (Å²) >= 11 is 0. The van der Waals surface area contributed by atoms with Gasteiger partial charge in [-0.1, -0.05) is 0 Å². The molecule has 128 valence electrons. The molecule has 0 unspecified atom stereocenters. The zero-order valence-electron chi connectivity index (χ0n) is 14.2. The fourth-order valence-electron chi connectivity index (χ4n) is 1.81. The van der Waals surface area contributed by atoms with E-state index in [0.717, 1.165) is 18.2 Å². The molecule has 0 amide bonds. The lowest BCUT2D eigenvalue weighted by Gasteiger charge is -2.26. The fraction of sp³-hybridized carbons (Fsp3) is 0.529. The van der Waals surface area contributed by atoms with Crippen LogP contribution in [-0.4, -0.2) is 23.1 Å². The summed E-state index contributed by atoms with van der Waals surface area (Å²) in [6, 6.07) is 2.56. The highest BCUT2D eigenvalue weighted by atomic mass is 19.1. The minimum Gasteiger partial charge on any atom is -0.459 e. The van der Waals surface area contributed by atoms with Crippen molar-refractivity contribution in [3.05, 3.63) is 35.4 Å². The molecule has 0 spiro atoms. The molecule has 0 aromatic heterocycles. The Bertz CT molecular complexity index is 570. The van der Waals surface area contributed by atoms with Crippen molar-refractivity contribution in [2.24, 2.45) is 0 Å². The van der Waals surface area contributed by atoms with Gasteiger partial charge in [-0.25, -0.2) is 8.78 Å². The molecule has 23 heavy (non-hydrogen) atoms. The van der Waals surface area contributed by atoms with E-state index in [2.05, 4.69) is 0 Å². The second kappa shape index (κ2) is 6.64. The van der Waals surface area contributed by atoms with Gasteiger partial charge in [0, 0.05) is 5.56 Å². The largest absolute Gasteiger partial charge is 0.459 e. The molecule has 0 radical (unpaired) electrons. The number of rotatable bonds is 3. The summed E-state index contributed by atoms with van der Waals surface area (Å²) < 4.78 is 37.8. The van der Waals surface area contributed by atoms with Gasteiger partial charge in [-0.05, 0) is 59.7 Å². The molecule has 0 fully saturated rings. The predicted octanol–water partition coefficient (Wildman–Crippen LogP) is 3.73. The summed E-state index contributed by atoms with van der Waals surface area (Å²) in [4.78, 5) is 24.7. The molecule has 1 aromatic rings. The van der Waals surface area contributed by atoms with Crippen LogP contribution in [0.3, 0.4) is 0 Å². The van der Waals surface area contributed by atoms with Crippen molar-refractivity contribution in [3.63, 3.8) is 0 Å². The standard InChI is InChI=1S/C17H22F2O4/c1-16(2,3)22-14(20)13(15(21)23-17(4,5)6)11-9-10(18)7-8-12(11)19/h7-9,13H,1-6H3. The molecule has 0 aliphatic carbocycles. The lowest BCUT2D eigenvalue weighted by Crippen LogP contribution is -2.36.